The van der Waals surface area contributed by atoms with Crippen molar-refractivity contribution in [3.63, 3.8) is 0 Å². The minimum atomic E-state index is 0.213. The summed E-state index contributed by atoms with van der Waals surface area (Å²) >= 11 is 0. The van der Waals surface area contributed by atoms with Crippen LogP contribution in [0.3, 0.4) is 0 Å². The topological polar surface area (TPSA) is 56.7 Å². The van der Waals surface area contributed by atoms with Gasteiger partial charge in [-0.15, -0.1) is 10.2 Å². The van der Waals surface area contributed by atoms with Crippen LogP contribution in [0, 0.1) is 0 Å². The summed E-state index contributed by atoms with van der Waals surface area (Å²) in [6.45, 7) is 7.12. The smallest absolute Gasteiger partial charge is 0.147 e. The number of aromatic nitrogens is 3. The van der Waals surface area contributed by atoms with Gasteiger partial charge in [0.1, 0.15) is 11.6 Å². The van der Waals surface area contributed by atoms with E-state index in [-0.39, 0.29) is 5.41 Å². The van der Waals surface area contributed by atoms with E-state index in [1.165, 1.54) is 25.7 Å². The molecule has 16 heavy (non-hydrogen) atoms. The van der Waals surface area contributed by atoms with Gasteiger partial charge in [-0.05, 0) is 26.7 Å². The van der Waals surface area contributed by atoms with Crippen LogP contribution < -0.4 is 5.73 Å². The van der Waals surface area contributed by atoms with Crippen molar-refractivity contribution in [2.24, 2.45) is 5.73 Å². The second-order valence-electron chi connectivity index (χ2n) is 5.38. The van der Waals surface area contributed by atoms with Gasteiger partial charge in [0.2, 0.25) is 0 Å². The van der Waals surface area contributed by atoms with Gasteiger partial charge in [-0.1, -0.05) is 19.8 Å². The highest BCUT2D eigenvalue weighted by molar-refractivity contribution is 5.12. The van der Waals surface area contributed by atoms with E-state index in [9.17, 15) is 0 Å². The van der Waals surface area contributed by atoms with Gasteiger partial charge in [0, 0.05) is 11.5 Å². The van der Waals surface area contributed by atoms with Crippen molar-refractivity contribution in [1.82, 2.24) is 14.8 Å². The first-order chi connectivity index (χ1) is 7.58. The highest BCUT2D eigenvalue weighted by Gasteiger charge is 2.36. The van der Waals surface area contributed by atoms with Crippen LogP contribution in [-0.2, 0) is 12.0 Å². The van der Waals surface area contributed by atoms with E-state index in [2.05, 4.69) is 35.5 Å². The van der Waals surface area contributed by atoms with Crippen LogP contribution in [0.5, 0.6) is 0 Å². The molecule has 1 saturated carbocycles. The Morgan fingerprint density at radius 3 is 2.44 bits per heavy atom. The Balaban J connectivity index is 2.44. The average molecular weight is 222 g/mol. The fraction of sp³-hybridized carbons (Fsp3) is 0.833. The summed E-state index contributed by atoms with van der Waals surface area (Å²) in [5.74, 6) is 2.05. The number of nitrogens with two attached hydrogens (primary N) is 1. The van der Waals surface area contributed by atoms with E-state index in [4.69, 9.17) is 5.73 Å². The molecule has 2 N–H and O–H groups in total. The molecule has 1 fully saturated rings. The Kier molecular flexibility index (Phi) is 3.02. The molecule has 4 nitrogen and oxygen atoms in total. The van der Waals surface area contributed by atoms with Crippen LogP contribution in [-0.4, -0.2) is 14.8 Å². The lowest BCUT2D eigenvalue weighted by Crippen LogP contribution is -2.25. The number of hydrogen-bond acceptors (Lipinski definition) is 3. The van der Waals surface area contributed by atoms with E-state index >= 15 is 0 Å². The molecule has 1 aromatic heterocycles. The SMILES string of the molecule is CC(C)n1c(CN)nnc1C1(C)CCCC1. The molecule has 1 aliphatic carbocycles. The maximum Gasteiger partial charge on any atom is 0.147 e. The highest BCUT2D eigenvalue weighted by Crippen LogP contribution is 2.40. The maximum absolute atomic E-state index is 5.72. The lowest BCUT2D eigenvalue weighted by atomic mass is 9.87. The van der Waals surface area contributed by atoms with Gasteiger partial charge >= 0.3 is 0 Å². The second kappa shape index (κ2) is 4.17. The van der Waals surface area contributed by atoms with Gasteiger partial charge in [0.25, 0.3) is 0 Å². The first kappa shape index (κ1) is 11.6. The predicted octanol–water partition coefficient (Wildman–Crippen LogP) is 2.15. The molecule has 0 spiro atoms. The highest BCUT2D eigenvalue weighted by atomic mass is 15.3. The Bertz CT molecular complexity index is 361. The largest absolute Gasteiger partial charge is 0.324 e. The lowest BCUT2D eigenvalue weighted by molar-refractivity contribution is 0.409. The average Bonchev–Trinajstić information content (AvgIpc) is 2.83. The van der Waals surface area contributed by atoms with Crippen LogP contribution in [0.15, 0.2) is 0 Å². The van der Waals surface area contributed by atoms with Crippen molar-refractivity contribution < 1.29 is 0 Å². The minimum absolute atomic E-state index is 0.213. The van der Waals surface area contributed by atoms with Gasteiger partial charge in [-0.2, -0.15) is 0 Å². The second-order valence-corrected chi connectivity index (χ2v) is 5.38. The fourth-order valence-electron chi connectivity index (χ4n) is 2.80. The summed E-state index contributed by atoms with van der Waals surface area (Å²) in [6.07, 6.45) is 5.06. The molecule has 1 aromatic rings. The molecule has 2 rings (SSSR count). The summed E-state index contributed by atoms with van der Waals surface area (Å²) < 4.78 is 2.23. The maximum atomic E-state index is 5.72. The molecule has 0 atom stereocenters. The molecule has 0 unspecified atom stereocenters. The van der Waals surface area contributed by atoms with E-state index in [0.717, 1.165) is 11.6 Å². The van der Waals surface area contributed by atoms with Crippen molar-refractivity contribution in [3.05, 3.63) is 11.6 Å². The molecule has 1 aliphatic rings. The van der Waals surface area contributed by atoms with Crippen molar-refractivity contribution >= 4 is 0 Å². The molecule has 0 bridgehead atoms. The Morgan fingerprint density at radius 2 is 1.94 bits per heavy atom. The first-order valence-corrected chi connectivity index (χ1v) is 6.23. The Morgan fingerprint density at radius 1 is 1.31 bits per heavy atom. The van der Waals surface area contributed by atoms with Crippen LogP contribution >= 0.6 is 0 Å². The molecule has 0 radical (unpaired) electrons. The predicted molar refractivity (Wildman–Crippen MR) is 64.1 cm³/mol. The molecule has 0 saturated heterocycles. The zero-order valence-electron chi connectivity index (χ0n) is 10.5. The third kappa shape index (κ3) is 1.75. The van der Waals surface area contributed by atoms with Crippen LogP contribution in [0.4, 0.5) is 0 Å². The fourth-order valence-corrected chi connectivity index (χ4v) is 2.80. The number of rotatable bonds is 3. The summed E-state index contributed by atoms with van der Waals surface area (Å²) in [5.41, 5.74) is 5.93. The molecule has 90 valence electrons. The zero-order chi connectivity index (χ0) is 11.8. The zero-order valence-corrected chi connectivity index (χ0v) is 10.5. The summed E-state index contributed by atoms with van der Waals surface area (Å²) in [6, 6.07) is 0.390. The van der Waals surface area contributed by atoms with Crippen molar-refractivity contribution in [1.29, 1.82) is 0 Å². The van der Waals surface area contributed by atoms with Crippen LogP contribution in [0.1, 0.15) is 64.1 Å². The van der Waals surface area contributed by atoms with Crippen molar-refractivity contribution in [2.45, 2.75) is 64.5 Å². The normalized spacial score (nSPS) is 19.6. The molecular weight excluding hydrogens is 200 g/mol. The molecule has 0 aromatic carbocycles. The third-order valence-corrected chi connectivity index (χ3v) is 3.71. The molecular formula is C12H22N4. The van der Waals surface area contributed by atoms with Crippen molar-refractivity contribution in [3.8, 4) is 0 Å². The van der Waals surface area contributed by atoms with Crippen molar-refractivity contribution in [2.75, 3.05) is 0 Å². The van der Waals surface area contributed by atoms with Crippen LogP contribution in [0.25, 0.3) is 0 Å². The molecule has 0 aliphatic heterocycles. The van der Waals surface area contributed by atoms with Gasteiger partial charge < -0.3 is 10.3 Å². The van der Waals surface area contributed by atoms with E-state index in [1.54, 1.807) is 0 Å². The minimum Gasteiger partial charge on any atom is -0.324 e. The monoisotopic (exact) mass is 222 g/mol. The van der Waals surface area contributed by atoms with E-state index in [0.29, 0.717) is 12.6 Å². The third-order valence-electron chi connectivity index (χ3n) is 3.71. The molecule has 1 heterocycles. The molecule has 0 amide bonds. The quantitative estimate of drug-likeness (QED) is 0.852. The Labute approximate surface area is 97.2 Å². The van der Waals surface area contributed by atoms with E-state index < -0.39 is 0 Å². The number of hydrogen-bond donors (Lipinski definition) is 1. The summed E-state index contributed by atoms with van der Waals surface area (Å²) in [5, 5.41) is 8.63. The van der Waals surface area contributed by atoms with Gasteiger partial charge in [0.05, 0.1) is 6.54 Å². The van der Waals surface area contributed by atoms with Gasteiger partial charge in [0.15, 0.2) is 0 Å². The Hall–Kier alpha value is -0.900. The van der Waals surface area contributed by atoms with Gasteiger partial charge in [-0.3, -0.25) is 0 Å². The standard InChI is InChI=1S/C12H22N4/c1-9(2)16-10(8-13)14-15-11(16)12(3)6-4-5-7-12/h9H,4-8,13H2,1-3H3. The van der Waals surface area contributed by atoms with Crippen LogP contribution in [0.2, 0.25) is 0 Å². The molecule has 4 heteroatoms. The van der Waals surface area contributed by atoms with Gasteiger partial charge in [-0.25, -0.2) is 0 Å². The van der Waals surface area contributed by atoms with E-state index in [1.807, 2.05) is 0 Å². The summed E-state index contributed by atoms with van der Waals surface area (Å²) in [7, 11) is 0. The summed E-state index contributed by atoms with van der Waals surface area (Å²) in [4.78, 5) is 0. The lowest BCUT2D eigenvalue weighted by Gasteiger charge is -2.25. The first-order valence-electron chi connectivity index (χ1n) is 6.23. The number of nitrogens with zero attached hydrogens (tertiary/aromatic N) is 3.